The highest BCUT2D eigenvalue weighted by molar-refractivity contribution is 5.95. The number of hydrogen-bond acceptors (Lipinski definition) is 3. The Bertz CT molecular complexity index is 497. The first-order valence-electron chi connectivity index (χ1n) is 7.41. The second-order valence-electron chi connectivity index (χ2n) is 5.42. The Kier molecular flexibility index (Phi) is 5.33. The second-order valence-corrected chi connectivity index (χ2v) is 5.42. The van der Waals surface area contributed by atoms with Gasteiger partial charge in [0.05, 0.1) is 0 Å². The van der Waals surface area contributed by atoms with Gasteiger partial charge in [0.25, 0.3) is 0 Å². The van der Waals surface area contributed by atoms with Gasteiger partial charge in [-0.25, -0.2) is 4.79 Å². The highest BCUT2D eigenvalue weighted by Gasteiger charge is 2.26. The number of hydrogen-bond donors (Lipinski definition) is 2. The van der Waals surface area contributed by atoms with Crippen LogP contribution in [-0.2, 0) is 0 Å². The Balaban J connectivity index is 2.00. The minimum Gasteiger partial charge on any atom is -0.396 e. The number of carbonyl (C=O) groups is 2. The lowest BCUT2D eigenvalue weighted by molar-refractivity contribution is 0.101. The zero-order valence-electron chi connectivity index (χ0n) is 12.3. The molecule has 1 aromatic rings. The summed E-state index contributed by atoms with van der Waals surface area (Å²) in [7, 11) is 0. The molecule has 0 bridgehead atoms. The number of carbonyl (C=O) groups excluding carboxylic acids is 2. The first-order valence-corrected chi connectivity index (χ1v) is 7.41. The van der Waals surface area contributed by atoms with Crippen molar-refractivity contribution < 1.29 is 14.7 Å². The summed E-state index contributed by atoms with van der Waals surface area (Å²) < 4.78 is 0. The molecule has 1 fully saturated rings. The van der Waals surface area contributed by atoms with Gasteiger partial charge in [-0.05, 0) is 56.9 Å². The number of ketones is 1. The van der Waals surface area contributed by atoms with Crippen LogP contribution in [0.25, 0.3) is 0 Å². The maximum Gasteiger partial charge on any atom is 0.322 e. The van der Waals surface area contributed by atoms with E-state index in [0.717, 1.165) is 25.8 Å². The van der Waals surface area contributed by atoms with Crippen molar-refractivity contribution in [3.63, 3.8) is 0 Å². The van der Waals surface area contributed by atoms with E-state index in [2.05, 4.69) is 5.32 Å². The van der Waals surface area contributed by atoms with Gasteiger partial charge < -0.3 is 15.3 Å². The molecule has 2 rings (SSSR count). The van der Waals surface area contributed by atoms with Gasteiger partial charge in [-0.15, -0.1) is 0 Å². The third-order valence-corrected chi connectivity index (χ3v) is 3.89. The number of rotatable bonds is 4. The molecule has 5 heteroatoms. The van der Waals surface area contributed by atoms with Crippen LogP contribution in [0.4, 0.5) is 10.5 Å². The average Bonchev–Trinajstić information content (AvgIpc) is 2.48. The number of nitrogens with one attached hydrogen (secondary N) is 1. The summed E-state index contributed by atoms with van der Waals surface area (Å²) in [5, 5.41) is 12.0. The number of anilines is 1. The summed E-state index contributed by atoms with van der Waals surface area (Å²) in [6.07, 6.45) is 3.66. The fourth-order valence-corrected chi connectivity index (χ4v) is 2.70. The normalized spacial score (nSPS) is 18.4. The van der Waals surface area contributed by atoms with E-state index < -0.39 is 0 Å². The van der Waals surface area contributed by atoms with Crippen molar-refractivity contribution in [3.8, 4) is 0 Å². The molecule has 1 unspecified atom stereocenters. The van der Waals surface area contributed by atoms with Crippen LogP contribution in [-0.4, -0.2) is 41.0 Å². The minimum absolute atomic E-state index is 0.00640. The van der Waals surface area contributed by atoms with Gasteiger partial charge in [-0.2, -0.15) is 0 Å². The predicted octanol–water partition coefficient (Wildman–Crippen LogP) is 2.66. The van der Waals surface area contributed by atoms with Gasteiger partial charge in [0.2, 0.25) is 0 Å². The van der Waals surface area contributed by atoms with E-state index in [1.165, 1.54) is 6.92 Å². The van der Waals surface area contributed by atoms with E-state index >= 15 is 0 Å². The average molecular weight is 290 g/mol. The fourth-order valence-electron chi connectivity index (χ4n) is 2.70. The molecule has 1 heterocycles. The fraction of sp³-hybridized carbons (Fsp3) is 0.500. The second kappa shape index (κ2) is 7.22. The smallest absolute Gasteiger partial charge is 0.322 e. The molecule has 1 aliphatic heterocycles. The van der Waals surface area contributed by atoms with Gasteiger partial charge in [-0.3, -0.25) is 4.79 Å². The summed E-state index contributed by atoms with van der Waals surface area (Å²) in [6.45, 7) is 2.34. The summed E-state index contributed by atoms with van der Waals surface area (Å²) in [4.78, 5) is 25.4. The molecule has 1 atom stereocenters. The topological polar surface area (TPSA) is 69.6 Å². The Labute approximate surface area is 125 Å². The van der Waals surface area contributed by atoms with E-state index in [1.807, 2.05) is 0 Å². The van der Waals surface area contributed by atoms with E-state index in [4.69, 9.17) is 5.11 Å². The number of aliphatic hydroxyl groups is 1. The number of urea groups is 1. The first kappa shape index (κ1) is 15.5. The molecule has 114 valence electrons. The number of likely N-dealkylation sites (tertiary alicyclic amines) is 1. The van der Waals surface area contributed by atoms with Crippen LogP contribution < -0.4 is 5.32 Å². The van der Waals surface area contributed by atoms with Gasteiger partial charge in [0, 0.05) is 30.4 Å². The third kappa shape index (κ3) is 4.04. The lowest BCUT2D eigenvalue weighted by atomic mass is 10.0. The van der Waals surface area contributed by atoms with Crippen LogP contribution in [0.15, 0.2) is 24.3 Å². The lowest BCUT2D eigenvalue weighted by Crippen LogP contribution is -2.46. The zero-order chi connectivity index (χ0) is 15.2. The third-order valence-electron chi connectivity index (χ3n) is 3.89. The Morgan fingerprint density at radius 1 is 1.29 bits per heavy atom. The maximum atomic E-state index is 12.3. The van der Waals surface area contributed by atoms with Crippen molar-refractivity contribution >= 4 is 17.5 Å². The van der Waals surface area contributed by atoms with Gasteiger partial charge >= 0.3 is 6.03 Å². The molecular formula is C16H22N2O3. The Hall–Kier alpha value is -1.88. The molecule has 2 N–H and O–H groups in total. The number of aliphatic hydroxyl groups excluding tert-OH is 1. The van der Waals surface area contributed by atoms with E-state index in [1.54, 1.807) is 29.2 Å². The largest absolute Gasteiger partial charge is 0.396 e. The summed E-state index contributed by atoms with van der Waals surface area (Å²) in [5.74, 6) is 0.00640. The summed E-state index contributed by atoms with van der Waals surface area (Å²) >= 11 is 0. The van der Waals surface area contributed by atoms with Crippen LogP contribution in [0.2, 0.25) is 0 Å². The zero-order valence-corrected chi connectivity index (χ0v) is 12.3. The highest BCUT2D eigenvalue weighted by Crippen LogP contribution is 2.21. The molecule has 1 saturated heterocycles. The SMILES string of the molecule is CC(=O)c1ccc(NC(=O)N2CCCCC2CCO)cc1. The monoisotopic (exact) mass is 290 g/mol. The number of Topliss-reactive ketones (excluding diaryl/α,β-unsaturated/α-hetero) is 1. The summed E-state index contributed by atoms with van der Waals surface area (Å²) in [5.41, 5.74) is 1.31. The minimum atomic E-state index is -0.135. The molecule has 2 amide bonds. The van der Waals surface area contributed by atoms with Gasteiger partial charge in [0.1, 0.15) is 0 Å². The van der Waals surface area contributed by atoms with Crippen molar-refractivity contribution in [2.75, 3.05) is 18.5 Å². The lowest BCUT2D eigenvalue weighted by Gasteiger charge is -2.35. The van der Waals surface area contributed by atoms with Crippen molar-refractivity contribution in [2.24, 2.45) is 0 Å². The van der Waals surface area contributed by atoms with Crippen LogP contribution in [0.5, 0.6) is 0 Å². The van der Waals surface area contributed by atoms with Crippen molar-refractivity contribution in [3.05, 3.63) is 29.8 Å². The van der Waals surface area contributed by atoms with E-state index in [-0.39, 0.29) is 24.5 Å². The molecule has 0 radical (unpaired) electrons. The van der Waals surface area contributed by atoms with Crippen molar-refractivity contribution in [1.29, 1.82) is 0 Å². The number of benzene rings is 1. The number of piperidine rings is 1. The molecule has 0 aromatic heterocycles. The van der Waals surface area contributed by atoms with Crippen LogP contribution in [0.1, 0.15) is 43.0 Å². The van der Waals surface area contributed by atoms with Crippen molar-refractivity contribution in [1.82, 2.24) is 4.90 Å². The highest BCUT2D eigenvalue weighted by atomic mass is 16.3. The standard InChI is InChI=1S/C16H22N2O3/c1-12(20)13-5-7-14(8-6-13)17-16(21)18-10-3-2-4-15(18)9-11-19/h5-8,15,19H,2-4,9-11H2,1H3,(H,17,21). The van der Waals surface area contributed by atoms with Crippen molar-refractivity contribution in [2.45, 2.75) is 38.6 Å². The molecule has 0 saturated carbocycles. The van der Waals surface area contributed by atoms with Crippen LogP contribution in [0.3, 0.4) is 0 Å². The van der Waals surface area contributed by atoms with Gasteiger partial charge in [0.15, 0.2) is 5.78 Å². The van der Waals surface area contributed by atoms with Crippen LogP contribution in [0, 0.1) is 0 Å². The number of amides is 2. The number of nitrogens with zero attached hydrogens (tertiary/aromatic N) is 1. The Morgan fingerprint density at radius 3 is 2.62 bits per heavy atom. The Morgan fingerprint density at radius 2 is 2.00 bits per heavy atom. The molecular weight excluding hydrogens is 268 g/mol. The predicted molar refractivity (Wildman–Crippen MR) is 81.5 cm³/mol. The molecule has 1 aliphatic rings. The van der Waals surface area contributed by atoms with Crippen LogP contribution >= 0.6 is 0 Å². The maximum absolute atomic E-state index is 12.3. The molecule has 5 nitrogen and oxygen atoms in total. The first-order chi connectivity index (χ1) is 10.1. The van der Waals surface area contributed by atoms with Gasteiger partial charge in [-0.1, -0.05) is 0 Å². The van der Waals surface area contributed by atoms with E-state index in [9.17, 15) is 9.59 Å². The quantitative estimate of drug-likeness (QED) is 0.838. The van der Waals surface area contributed by atoms with E-state index in [0.29, 0.717) is 17.7 Å². The molecule has 21 heavy (non-hydrogen) atoms. The molecule has 0 spiro atoms. The molecule has 1 aromatic carbocycles. The summed E-state index contributed by atoms with van der Waals surface area (Å²) in [6, 6.07) is 6.86. The molecule has 0 aliphatic carbocycles.